The Hall–Kier alpha value is -0.320. The van der Waals surface area contributed by atoms with Gasteiger partial charge in [0.15, 0.2) is 0 Å². The maximum Gasteiger partial charge on any atom is 0.329 e. The minimum absolute atomic E-state index is 0.248. The average Bonchev–Trinajstić information content (AvgIpc) is 2.34. The Bertz CT molecular complexity index is 332. The number of thiophene rings is 1. The summed E-state index contributed by atoms with van der Waals surface area (Å²) in [6.45, 7) is 0. The van der Waals surface area contributed by atoms with E-state index in [-0.39, 0.29) is 5.03 Å². The second-order valence-electron chi connectivity index (χ2n) is 1.93. The average molecular weight is 268 g/mol. The summed E-state index contributed by atoms with van der Waals surface area (Å²) in [5.41, 5.74) is 0. The maximum atomic E-state index is 10.2. The molecule has 1 heterocycles. The molecule has 0 aliphatic carbocycles. The molecule has 0 fully saturated rings. The van der Waals surface area contributed by atoms with Gasteiger partial charge in [0.05, 0.1) is 8.82 Å². The van der Waals surface area contributed by atoms with Crippen molar-refractivity contribution < 1.29 is 9.90 Å². The van der Waals surface area contributed by atoms with Gasteiger partial charge in [-0.05, 0) is 28.1 Å². The molecule has 0 saturated carbocycles. The Morgan fingerprint density at radius 3 is 2.75 bits per heavy atom. The Balaban J connectivity index is 2.91. The maximum absolute atomic E-state index is 10.2. The molecule has 1 N–H and O–H groups in total. The fourth-order valence-corrected chi connectivity index (χ4v) is 2.19. The molecule has 0 aliphatic heterocycles. The van der Waals surface area contributed by atoms with Crippen molar-refractivity contribution in [2.24, 2.45) is 0 Å². The van der Waals surface area contributed by atoms with Crippen molar-refractivity contribution in [1.82, 2.24) is 0 Å². The molecule has 1 aromatic heterocycles. The van der Waals surface area contributed by atoms with E-state index in [2.05, 4.69) is 15.9 Å². The Morgan fingerprint density at radius 2 is 2.33 bits per heavy atom. The summed E-state index contributed by atoms with van der Waals surface area (Å²) in [4.78, 5) is 11.0. The molecule has 1 aromatic rings. The molecule has 64 valence electrons. The molecule has 0 radical (unpaired) electrons. The van der Waals surface area contributed by atoms with Gasteiger partial charge in [-0.25, -0.2) is 4.79 Å². The van der Waals surface area contributed by atoms with Gasteiger partial charge >= 0.3 is 5.97 Å². The van der Waals surface area contributed by atoms with E-state index in [1.165, 1.54) is 11.3 Å². The van der Waals surface area contributed by atoms with Crippen LogP contribution in [0.1, 0.15) is 4.88 Å². The van der Waals surface area contributed by atoms with Crippen molar-refractivity contribution in [2.45, 2.75) is 0 Å². The highest BCUT2D eigenvalue weighted by molar-refractivity contribution is 9.11. The zero-order valence-corrected chi connectivity index (χ0v) is 8.91. The third kappa shape index (κ3) is 2.62. The SMILES string of the molecule is O=C(O)/C=C(/Cl)c1ccc(Br)s1. The molecule has 0 bridgehead atoms. The van der Waals surface area contributed by atoms with Crippen LogP contribution in [-0.2, 0) is 4.79 Å². The Labute approximate surface area is 86.6 Å². The standard InChI is InChI=1S/C7H4BrClO2S/c8-6-2-1-5(12-6)4(9)3-7(10)11/h1-3H,(H,10,11)/b4-3+. The van der Waals surface area contributed by atoms with Gasteiger partial charge in [0.25, 0.3) is 0 Å². The fraction of sp³-hybridized carbons (Fsp3) is 0. The van der Waals surface area contributed by atoms with Gasteiger partial charge in [-0.3, -0.25) is 0 Å². The molecule has 0 aliphatic rings. The topological polar surface area (TPSA) is 37.3 Å². The van der Waals surface area contributed by atoms with Crippen LogP contribution in [0.15, 0.2) is 22.0 Å². The van der Waals surface area contributed by atoms with Crippen molar-refractivity contribution in [3.63, 3.8) is 0 Å². The van der Waals surface area contributed by atoms with Crippen LogP contribution in [0.3, 0.4) is 0 Å². The molecule has 1 rings (SSSR count). The molecular formula is C7H4BrClO2S. The zero-order valence-electron chi connectivity index (χ0n) is 5.75. The lowest BCUT2D eigenvalue weighted by molar-refractivity contribution is -0.131. The molecule has 0 unspecified atom stereocenters. The van der Waals surface area contributed by atoms with E-state index in [0.717, 1.165) is 14.7 Å². The van der Waals surface area contributed by atoms with Crippen LogP contribution in [0.25, 0.3) is 5.03 Å². The predicted molar refractivity (Wildman–Crippen MR) is 53.5 cm³/mol. The summed E-state index contributed by atoms with van der Waals surface area (Å²) in [5, 5.41) is 8.63. The van der Waals surface area contributed by atoms with E-state index in [1.807, 2.05) is 6.07 Å². The minimum Gasteiger partial charge on any atom is -0.478 e. The number of hydrogen-bond donors (Lipinski definition) is 1. The summed E-state index contributed by atoms with van der Waals surface area (Å²) in [6.07, 6.45) is 0.972. The fourth-order valence-electron chi connectivity index (χ4n) is 0.622. The Morgan fingerprint density at radius 1 is 1.67 bits per heavy atom. The van der Waals surface area contributed by atoms with E-state index in [4.69, 9.17) is 16.7 Å². The van der Waals surface area contributed by atoms with Crippen LogP contribution in [-0.4, -0.2) is 11.1 Å². The number of rotatable bonds is 2. The van der Waals surface area contributed by atoms with Crippen LogP contribution >= 0.6 is 38.9 Å². The first-order valence-corrected chi connectivity index (χ1v) is 4.94. The third-order valence-electron chi connectivity index (χ3n) is 1.06. The number of halogens is 2. The van der Waals surface area contributed by atoms with E-state index >= 15 is 0 Å². The van der Waals surface area contributed by atoms with Crippen LogP contribution < -0.4 is 0 Å². The molecule has 0 atom stereocenters. The predicted octanol–water partition coefficient (Wildman–Crippen LogP) is 3.17. The van der Waals surface area contributed by atoms with Crippen LogP contribution in [0, 0.1) is 0 Å². The number of aliphatic carboxylic acids is 1. The molecule has 12 heavy (non-hydrogen) atoms. The highest BCUT2D eigenvalue weighted by Gasteiger charge is 2.03. The monoisotopic (exact) mass is 266 g/mol. The van der Waals surface area contributed by atoms with Gasteiger partial charge < -0.3 is 5.11 Å². The summed E-state index contributed by atoms with van der Waals surface area (Å²) in [7, 11) is 0. The van der Waals surface area contributed by atoms with E-state index in [1.54, 1.807) is 6.07 Å². The number of carbonyl (C=O) groups is 1. The van der Waals surface area contributed by atoms with Gasteiger partial charge in [-0.15, -0.1) is 11.3 Å². The summed E-state index contributed by atoms with van der Waals surface area (Å²) >= 11 is 10.3. The highest BCUT2D eigenvalue weighted by Crippen LogP contribution is 2.29. The summed E-state index contributed by atoms with van der Waals surface area (Å²) in [6, 6.07) is 3.58. The number of hydrogen-bond acceptors (Lipinski definition) is 2. The normalized spacial score (nSPS) is 11.7. The summed E-state index contributed by atoms with van der Waals surface area (Å²) < 4.78 is 0.925. The Kier molecular flexibility index (Phi) is 3.31. The number of carboxylic acid groups (broad SMARTS) is 1. The first kappa shape index (κ1) is 9.77. The zero-order chi connectivity index (χ0) is 9.14. The van der Waals surface area contributed by atoms with Gasteiger partial charge in [-0.2, -0.15) is 0 Å². The van der Waals surface area contributed by atoms with Crippen LogP contribution in [0.2, 0.25) is 0 Å². The highest BCUT2D eigenvalue weighted by atomic mass is 79.9. The number of carboxylic acids is 1. The second-order valence-corrected chi connectivity index (χ2v) is 4.80. The van der Waals surface area contributed by atoms with E-state index in [0.29, 0.717) is 0 Å². The lowest BCUT2D eigenvalue weighted by Crippen LogP contribution is -1.86. The lowest BCUT2D eigenvalue weighted by Gasteiger charge is -1.89. The van der Waals surface area contributed by atoms with Crippen LogP contribution in [0.5, 0.6) is 0 Å². The second kappa shape index (κ2) is 4.07. The van der Waals surface area contributed by atoms with Gasteiger partial charge in [0.2, 0.25) is 0 Å². The lowest BCUT2D eigenvalue weighted by atomic mass is 10.4. The molecule has 0 spiro atoms. The largest absolute Gasteiger partial charge is 0.478 e. The first-order valence-electron chi connectivity index (χ1n) is 2.95. The van der Waals surface area contributed by atoms with Gasteiger partial charge in [0, 0.05) is 11.0 Å². The molecular weight excluding hydrogens is 263 g/mol. The van der Waals surface area contributed by atoms with Crippen molar-refractivity contribution in [2.75, 3.05) is 0 Å². The molecule has 5 heteroatoms. The van der Waals surface area contributed by atoms with E-state index < -0.39 is 5.97 Å². The smallest absolute Gasteiger partial charge is 0.329 e. The van der Waals surface area contributed by atoms with Crippen molar-refractivity contribution in [3.05, 3.63) is 26.9 Å². The quantitative estimate of drug-likeness (QED) is 0.836. The molecule has 0 amide bonds. The van der Waals surface area contributed by atoms with Gasteiger partial charge in [0.1, 0.15) is 0 Å². The van der Waals surface area contributed by atoms with Gasteiger partial charge in [-0.1, -0.05) is 11.6 Å². The van der Waals surface area contributed by atoms with E-state index in [9.17, 15) is 4.79 Å². The van der Waals surface area contributed by atoms with Crippen molar-refractivity contribution in [1.29, 1.82) is 0 Å². The third-order valence-corrected chi connectivity index (χ3v) is 3.14. The van der Waals surface area contributed by atoms with Crippen molar-refractivity contribution in [3.8, 4) is 0 Å². The molecule has 0 saturated heterocycles. The molecule has 0 aromatic carbocycles. The van der Waals surface area contributed by atoms with Crippen molar-refractivity contribution >= 4 is 49.9 Å². The molecule has 2 nitrogen and oxygen atoms in total. The first-order chi connectivity index (χ1) is 5.59. The van der Waals surface area contributed by atoms with Crippen LogP contribution in [0.4, 0.5) is 0 Å². The minimum atomic E-state index is -1.04. The summed E-state index contributed by atoms with van der Waals surface area (Å²) in [5.74, 6) is -1.04.